The molecule has 3 aromatic rings. The van der Waals surface area contributed by atoms with Gasteiger partial charge < -0.3 is 10.2 Å². The largest absolute Gasteiger partial charge is 0.350 e. The summed E-state index contributed by atoms with van der Waals surface area (Å²) in [5.41, 5.74) is 0.882. The van der Waals surface area contributed by atoms with E-state index in [-0.39, 0.29) is 43.9 Å². The molecule has 0 radical (unpaired) electrons. The summed E-state index contributed by atoms with van der Waals surface area (Å²) in [5.74, 6) is -3.02. The Morgan fingerprint density at radius 2 is 1.60 bits per heavy atom. The van der Waals surface area contributed by atoms with E-state index in [1.54, 1.807) is 24.3 Å². The van der Waals surface area contributed by atoms with Gasteiger partial charge in [0.1, 0.15) is 6.04 Å². The molecule has 11 heteroatoms. The minimum atomic E-state index is -3.87. The molecule has 0 heterocycles. The van der Waals surface area contributed by atoms with Crippen molar-refractivity contribution < 1.29 is 26.8 Å². The number of carbonyl (C=O) groups is 2. The molecule has 2 amide bonds. The van der Waals surface area contributed by atoms with E-state index in [0.29, 0.717) is 10.6 Å². The minimum absolute atomic E-state index is 0.0481. The Bertz CT molecular complexity index is 1500. The zero-order valence-corrected chi connectivity index (χ0v) is 25.7. The topological polar surface area (TPSA) is 86.8 Å². The number of anilines is 1. The summed E-state index contributed by atoms with van der Waals surface area (Å²) in [6.45, 7) is 5.44. The Kier molecular flexibility index (Phi) is 11.1. The van der Waals surface area contributed by atoms with Gasteiger partial charge in [0.25, 0.3) is 0 Å². The van der Waals surface area contributed by atoms with Crippen LogP contribution in [0.25, 0.3) is 0 Å². The first-order chi connectivity index (χ1) is 19.7. The summed E-state index contributed by atoms with van der Waals surface area (Å²) < 4.78 is 53.3. The third-order valence-electron chi connectivity index (χ3n) is 6.41. The molecule has 42 heavy (non-hydrogen) atoms. The first-order valence-electron chi connectivity index (χ1n) is 13.5. The summed E-state index contributed by atoms with van der Waals surface area (Å²) in [6.07, 6.45) is 1.13. The second kappa shape index (κ2) is 14.1. The molecular weight excluding hydrogens is 584 g/mol. The van der Waals surface area contributed by atoms with Gasteiger partial charge >= 0.3 is 0 Å². The first-order valence-corrected chi connectivity index (χ1v) is 15.7. The number of carbonyl (C=O) groups excluding carboxylic acids is 2. The Hall–Kier alpha value is -3.50. The minimum Gasteiger partial charge on any atom is -0.350 e. The highest BCUT2D eigenvalue weighted by atomic mass is 35.5. The maximum Gasteiger partial charge on any atom is 0.243 e. The molecule has 0 aliphatic rings. The lowest BCUT2D eigenvalue weighted by Gasteiger charge is -2.34. The molecule has 0 aliphatic carbocycles. The van der Waals surface area contributed by atoms with Crippen LogP contribution in [-0.4, -0.2) is 49.5 Å². The third kappa shape index (κ3) is 9.52. The van der Waals surface area contributed by atoms with E-state index in [4.69, 9.17) is 11.6 Å². The molecule has 3 aromatic carbocycles. The monoisotopic (exact) mass is 619 g/mol. The van der Waals surface area contributed by atoms with E-state index in [0.717, 1.165) is 34.3 Å². The van der Waals surface area contributed by atoms with Crippen molar-refractivity contribution >= 4 is 39.1 Å². The number of nitrogens with one attached hydrogen (secondary N) is 1. The quantitative estimate of drug-likeness (QED) is 0.281. The summed E-state index contributed by atoms with van der Waals surface area (Å²) >= 11 is 6.44. The number of hydrogen-bond donors (Lipinski definition) is 1. The number of sulfonamides is 1. The summed E-state index contributed by atoms with van der Waals surface area (Å²) in [7, 11) is -3.87. The fourth-order valence-electron chi connectivity index (χ4n) is 4.46. The van der Waals surface area contributed by atoms with Crippen LogP contribution in [0.1, 0.15) is 44.7 Å². The number of hydrogen-bond acceptors (Lipinski definition) is 4. The third-order valence-corrected chi connectivity index (χ3v) is 7.97. The van der Waals surface area contributed by atoms with E-state index in [2.05, 4.69) is 5.32 Å². The zero-order valence-electron chi connectivity index (χ0n) is 24.1. The highest BCUT2D eigenvalue weighted by molar-refractivity contribution is 7.92. The number of nitrogens with zero attached hydrogens (tertiary/aromatic N) is 2. The Morgan fingerprint density at radius 3 is 2.19 bits per heavy atom. The van der Waals surface area contributed by atoms with Crippen molar-refractivity contribution in [1.29, 1.82) is 0 Å². The van der Waals surface area contributed by atoms with Crippen LogP contribution in [0.4, 0.5) is 14.5 Å². The highest BCUT2D eigenvalue weighted by Crippen LogP contribution is 2.24. The van der Waals surface area contributed by atoms with E-state index in [9.17, 15) is 26.8 Å². The van der Waals surface area contributed by atoms with Gasteiger partial charge in [-0.25, -0.2) is 17.2 Å². The van der Waals surface area contributed by atoms with Crippen LogP contribution in [-0.2, 0) is 32.6 Å². The van der Waals surface area contributed by atoms with Crippen LogP contribution in [0.15, 0.2) is 72.8 Å². The van der Waals surface area contributed by atoms with Crippen LogP contribution in [0.3, 0.4) is 0 Å². The summed E-state index contributed by atoms with van der Waals surface area (Å²) in [5, 5.41) is 3.42. The molecule has 0 saturated carbocycles. The molecule has 7 nitrogen and oxygen atoms in total. The smallest absolute Gasteiger partial charge is 0.243 e. The average molecular weight is 620 g/mol. The van der Waals surface area contributed by atoms with Crippen molar-refractivity contribution in [2.75, 3.05) is 17.1 Å². The van der Waals surface area contributed by atoms with Crippen LogP contribution >= 0.6 is 11.6 Å². The molecule has 0 fully saturated rings. The molecule has 0 aromatic heterocycles. The van der Waals surface area contributed by atoms with Gasteiger partial charge in [-0.1, -0.05) is 60.1 Å². The fourth-order valence-corrected chi connectivity index (χ4v) is 5.61. The number of benzene rings is 3. The van der Waals surface area contributed by atoms with Crippen molar-refractivity contribution in [3.8, 4) is 0 Å². The number of halogens is 3. The van der Waals surface area contributed by atoms with Crippen molar-refractivity contribution in [1.82, 2.24) is 10.2 Å². The second-order valence-corrected chi connectivity index (χ2v) is 13.4. The Balaban J connectivity index is 1.92. The van der Waals surface area contributed by atoms with Crippen molar-refractivity contribution in [2.24, 2.45) is 0 Å². The molecule has 1 N–H and O–H groups in total. The Morgan fingerprint density at radius 1 is 0.952 bits per heavy atom. The summed E-state index contributed by atoms with van der Waals surface area (Å²) in [4.78, 5) is 29.0. The molecule has 0 bridgehead atoms. The van der Waals surface area contributed by atoms with Gasteiger partial charge in [-0.15, -0.1) is 0 Å². The highest BCUT2D eigenvalue weighted by Gasteiger charge is 2.32. The van der Waals surface area contributed by atoms with E-state index >= 15 is 0 Å². The maximum atomic E-state index is 13.9. The van der Waals surface area contributed by atoms with Gasteiger partial charge in [0.2, 0.25) is 21.8 Å². The molecule has 226 valence electrons. The molecule has 1 atom stereocenters. The molecular formula is C31H36ClF2N3O4S. The normalized spacial score (nSPS) is 12.5. The maximum absolute atomic E-state index is 13.9. The van der Waals surface area contributed by atoms with E-state index in [1.807, 2.05) is 51.1 Å². The number of rotatable bonds is 12. The van der Waals surface area contributed by atoms with Gasteiger partial charge in [0.05, 0.1) is 11.9 Å². The standard InChI is InChI=1S/C31H36ClF2N3O4S/c1-31(2,3)35-30(39)28(19-22-11-6-5-7-12-22)36(21-23-13-8-9-14-25(23)32)29(38)15-10-18-37(42(4,40)41)24-16-17-26(33)27(34)20-24/h5-9,11-14,16-17,20,28H,10,15,18-19,21H2,1-4H3,(H,35,39). The second-order valence-electron chi connectivity index (χ2n) is 11.1. The van der Waals surface area contributed by atoms with Crippen molar-refractivity contribution in [3.63, 3.8) is 0 Å². The van der Waals surface area contributed by atoms with E-state index < -0.39 is 39.1 Å². The van der Waals surface area contributed by atoms with Gasteiger partial charge in [-0.2, -0.15) is 0 Å². The molecule has 0 spiro atoms. The lowest BCUT2D eigenvalue weighted by Crippen LogP contribution is -2.54. The predicted octanol–water partition coefficient (Wildman–Crippen LogP) is 5.72. The zero-order chi connectivity index (χ0) is 31.1. The fraction of sp³-hybridized carbons (Fsp3) is 0.355. The van der Waals surface area contributed by atoms with Gasteiger partial charge in [-0.05, 0) is 56.5 Å². The first kappa shape index (κ1) is 33.0. The molecule has 0 aliphatic heterocycles. The van der Waals surface area contributed by atoms with Crippen molar-refractivity contribution in [2.45, 2.75) is 58.2 Å². The number of amides is 2. The molecule has 1 unspecified atom stereocenters. The van der Waals surface area contributed by atoms with Gasteiger partial charge in [0.15, 0.2) is 11.6 Å². The van der Waals surface area contributed by atoms with E-state index in [1.165, 1.54) is 4.90 Å². The lowest BCUT2D eigenvalue weighted by molar-refractivity contribution is -0.142. The molecule has 3 rings (SSSR count). The van der Waals surface area contributed by atoms with Gasteiger partial charge in [0, 0.05) is 42.6 Å². The predicted molar refractivity (Wildman–Crippen MR) is 162 cm³/mol. The SMILES string of the molecule is CC(C)(C)NC(=O)C(Cc1ccccc1)N(Cc1ccccc1Cl)C(=O)CCCN(c1ccc(F)c(F)c1)S(C)(=O)=O. The van der Waals surface area contributed by atoms with Gasteiger partial charge in [-0.3, -0.25) is 13.9 Å². The van der Waals surface area contributed by atoms with Crippen molar-refractivity contribution in [3.05, 3.63) is 101 Å². The summed E-state index contributed by atoms with van der Waals surface area (Å²) in [6, 6.07) is 18.3. The van der Waals surface area contributed by atoms with Crippen LogP contribution < -0.4 is 9.62 Å². The lowest BCUT2D eigenvalue weighted by atomic mass is 10.00. The average Bonchev–Trinajstić information content (AvgIpc) is 2.90. The van der Waals surface area contributed by atoms with Crippen LogP contribution in [0, 0.1) is 11.6 Å². The van der Waals surface area contributed by atoms with Crippen LogP contribution in [0.2, 0.25) is 5.02 Å². The Labute approximate surface area is 251 Å². The molecule has 0 saturated heterocycles. The van der Waals surface area contributed by atoms with Crippen LogP contribution in [0.5, 0.6) is 0 Å².